The van der Waals surface area contributed by atoms with Crippen molar-refractivity contribution in [3.05, 3.63) is 40.3 Å². The first-order valence-corrected chi connectivity index (χ1v) is 10.1. The van der Waals surface area contributed by atoms with Gasteiger partial charge in [0.15, 0.2) is 0 Å². The van der Waals surface area contributed by atoms with Gasteiger partial charge >= 0.3 is 5.97 Å². The molecule has 0 aliphatic heterocycles. The molecule has 1 aromatic heterocycles. The highest BCUT2D eigenvalue weighted by molar-refractivity contribution is 7.99. The van der Waals surface area contributed by atoms with Gasteiger partial charge in [0, 0.05) is 17.1 Å². The summed E-state index contributed by atoms with van der Waals surface area (Å²) in [5.41, 5.74) is 0.836. The molecule has 0 aliphatic carbocycles. The standard InChI is InChI=1S/C19H20N2O4S2/c1-4-25-19(23)17-12(2)15(11-20)18(27-17)21-16(22)9-10-26-14-7-5-13(24-3)6-8-14/h5-8H,4,9-10H2,1-3H3,(H,21,22). The third-order valence-corrected chi connectivity index (χ3v) is 5.83. The Morgan fingerprint density at radius 2 is 2.00 bits per heavy atom. The Morgan fingerprint density at radius 1 is 1.30 bits per heavy atom. The van der Waals surface area contributed by atoms with Crippen LogP contribution in [0, 0.1) is 18.3 Å². The van der Waals surface area contributed by atoms with Crippen LogP contribution in [0.5, 0.6) is 5.75 Å². The molecule has 27 heavy (non-hydrogen) atoms. The number of carbonyl (C=O) groups excluding carboxylic acids is 2. The van der Waals surface area contributed by atoms with E-state index in [4.69, 9.17) is 9.47 Å². The van der Waals surface area contributed by atoms with Gasteiger partial charge in [0.25, 0.3) is 0 Å². The Hall–Kier alpha value is -2.50. The van der Waals surface area contributed by atoms with Gasteiger partial charge in [0.1, 0.15) is 21.7 Å². The van der Waals surface area contributed by atoms with Crippen LogP contribution >= 0.6 is 23.1 Å². The molecule has 0 atom stereocenters. The van der Waals surface area contributed by atoms with E-state index in [1.54, 1.807) is 32.7 Å². The van der Waals surface area contributed by atoms with Crippen molar-refractivity contribution in [3.63, 3.8) is 0 Å². The Kier molecular flexibility index (Phi) is 7.70. The van der Waals surface area contributed by atoms with E-state index in [1.165, 1.54) is 0 Å². The quantitative estimate of drug-likeness (QED) is 0.523. The molecule has 6 nitrogen and oxygen atoms in total. The molecule has 0 radical (unpaired) electrons. The van der Waals surface area contributed by atoms with Gasteiger partial charge in [-0.25, -0.2) is 4.79 Å². The van der Waals surface area contributed by atoms with Gasteiger partial charge in [-0.3, -0.25) is 4.79 Å². The number of esters is 1. The van der Waals surface area contributed by atoms with Gasteiger partial charge < -0.3 is 14.8 Å². The topological polar surface area (TPSA) is 88.4 Å². The highest BCUT2D eigenvalue weighted by Crippen LogP contribution is 2.33. The number of carbonyl (C=O) groups is 2. The van der Waals surface area contributed by atoms with E-state index >= 15 is 0 Å². The highest BCUT2D eigenvalue weighted by atomic mass is 32.2. The van der Waals surface area contributed by atoms with E-state index in [0.717, 1.165) is 22.0 Å². The van der Waals surface area contributed by atoms with Crippen LogP contribution in [-0.4, -0.2) is 31.3 Å². The fraction of sp³-hybridized carbons (Fsp3) is 0.316. The molecule has 0 spiro atoms. The molecule has 0 saturated heterocycles. The molecule has 142 valence electrons. The monoisotopic (exact) mass is 404 g/mol. The van der Waals surface area contributed by atoms with Crippen molar-refractivity contribution >= 4 is 40.0 Å². The third-order valence-electron chi connectivity index (χ3n) is 3.63. The summed E-state index contributed by atoms with van der Waals surface area (Å²) in [7, 11) is 1.61. The number of thioether (sulfide) groups is 1. The molecular weight excluding hydrogens is 384 g/mol. The lowest BCUT2D eigenvalue weighted by Gasteiger charge is -2.05. The van der Waals surface area contributed by atoms with Crippen LogP contribution in [0.4, 0.5) is 5.00 Å². The fourth-order valence-corrected chi connectivity index (χ4v) is 4.17. The van der Waals surface area contributed by atoms with Crippen LogP contribution < -0.4 is 10.1 Å². The Bertz CT molecular complexity index is 854. The maximum absolute atomic E-state index is 12.2. The zero-order valence-electron chi connectivity index (χ0n) is 15.3. The summed E-state index contributed by atoms with van der Waals surface area (Å²) < 4.78 is 10.1. The zero-order valence-corrected chi connectivity index (χ0v) is 17.0. The summed E-state index contributed by atoms with van der Waals surface area (Å²) in [4.78, 5) is 25.6. The van der Waals surface area contributed by atoms with Crippen molar-refractivity contribution in [2.24, 2.45) is 0 Å². The maximum Gasteiger partial charge on any atom is 0.348 e. The van der Waals surface area contributed by atoms with Gasteiger partial charge in [-0.15, -0.1) is 23.1 Å². The van der Waals surface area contributed by atoms with Crippen molar-refractivity contribution < 1.29 is 19.1 Å². The third kappa shape index (κ3) is 5.49. The first-order valence-electron chi connectivity index (χ1n) is 8.27. The Morgan fingerprint density at radius 3 is 2.59 bits per heavy atom. The number of thiophene rings is 1. The minimum atomic E-state index is -0.480. The highest BCUT2D eigenvalue weighted by Gasteiger charge is 2.22. The predicted molar refractivity (Wildman–Crippen MR) is 107 cm³/mol. The van der Waals surface area contributed by atoms with E-state index in [1.807, 2.05) is 24.3 Å². The van der Waals surface area contributed by atoms with Crippen LogP contribution in [0.25, 0.3) is 0 Å². The molecule has 1 aromatic carbocycles. The molecule has 0 saturated carbocycles. The first kappa shape index (κ1) is 20.8. The summed E-state index contributed by atoms with van der Waals surface area (Å²) in [6.45, 7) is 3.65. The van der Waals surface area contributed by atoms with Gasteiger partial charge in [-0.1, -0.05) is 0 Å². The van der Waals surface area contributed by atoms with Crippen molar-refractivity contribution in [2.75, 3.05) is 24.8 Å². The summed E-state index contributed by atoms with van der Waals surface area (Å²) >= 11 is 2.63. The summed E-state index contributed by atoms with van der Waals surface area (Å²) in [6, 6.07) is 9.65. The number of benzene rings is 1. The molecule has 2 aromatic rings. The van der Waals surface area contributed by atoms with E-state index < -0.39 is 5.97 Å². The largest absolute Gasteiger partial charge is 0.497 e. The minimum absolute atomic E-state index is 0.204. The predicted octanol–water partition coefficient (Wildman–Crippen LogP) is 4.23. The van der Waals surface area contributed by atoms with Crippen LogP contribution in [0.2, 0.25) is 0 Å². The van der Waals surface area contributed by atoms with Crippen LogP contribution in [-0.2, 0) is 9.53 Å². The normalized spacial score (nSPS) is 10.1. The molecule has 0 unspecified atom stereocenters. The molecule has 1 heterocycles. The number of nitriles is 1. The Labute approximate surface area is 166 Å². The summed E-state index contributed by atoms with van der Waals surface area (Å²) in [5.74, 6) is 0.692. The maximum atomic E-state index is 12.2. The lowest BCUT2D eigenvalue weighted by atomic mass is 10.2. The zero-order chi connectivity index (χ0) is 19.8. The molecule has 0 bridgehead atoms. The van der Waals surface area contributed by atoms with Crippen LogP contribution in [0.3, 0.4) is 0 Å². The minimum Gasteiger partial charge on any atom is -0.497 e. The van der Waals surface area contributed by atoms with Gasteiger partial charge in [-0.2, -0.15) is 5.26 Å². The number of hydrogen-bond acceptors (Lipinski definition) is 7. The summed E-state index contributed by atoms with van der Waals surface area (Å²) in [5, 5.41) is 12.5. The number of ether oxygens (including phenoxy) is 2. The van der Waals surface area contributed by atoms with E-state index in [9.17, 15) is 14.9 Å². The molecule has 0 fully saturated rings. The van der Waals surface area contributed by atoms with E-state index in [0.29, 0.717) is 26.8 Å². The lowest BCUT2D eigenvalue weighted by molar-refractivity contribution is -0.115. The van der Waals surface area contributed by atoms with Gasteiger partial charge in [0.05, 0.1) is 19.3 Å². The average molecular weight is 405 g/mol. The molecular formula is C19H20N2O4S2. The lowest BCUT2D eigenvalue weighted by Crippen LogP contribution is -2.12. The second kappa shape index (κ2) is 10.00. The van der Waals surface area contributed by atoms with E-state index in [-0.39, 0.29) is 18.9 Å². The molecule has 0 aliphatic rings. The van der Waals surface area contributed by atoms with Crippen molar-refractivity contribution in [2.45, 2.75) is 25.2 Å². The van der Waals surface area contributed by atoms with Crippen LogP contribution in [0.15, 0.2) is 29.2 Å². The van der Waals surface area contributed by atoms with E-state index in [2.05, 4.69) is 11.4 Å². The second-order valence-corrected chi connectivity index (χ2v) is 7.60. The fourth-order valence-electron chi connectivity index (χ4n) is 2.25. The van der Waals surface area contributed by atoms with Gasteiger partial charge in [-0.05, 0) is 43.7 Å². The summed E-state index contributed by atoms with van der Waals surface area (Å²) in [6.07, 6.45) is 0.285. The van der Waals surface area contributed by atoms with Gasteiger partial charge in [0.2, 0.25) is 5.91 Å². The molecule has 8 heteroatoms. The Balaban J connectivity index is 1.95. The van der Waals surface area contributed by atoms with Crippen LogP contribution in [0.1, 0.15) is 34.1 Å². The molecule has 2 rings (SSSR count). The molecule has 1 amide bonds. The number of amides is 1. The first-order chi connectivity index (χ1) is 13.0. The number of nitrogens with zero attached hydrogens (tertiary/aromatic N) is 1. The van der Waals surface area contributed by atoms with Crippen molar-refractivity contribution in [3.8, 4) is 11.8 Å². The SMILES string of the molecule is CCOC(=O)c1sc(NC(=O)CCSc2ccc(OC)cc2)c(C#N)c1C. The average Bonchev–Trinajstić information content (AvgIpc) is 2.97. The molecule has 1 N–H and O–H groups in total. The number of anilines is 1. The number of methoxy groups -OCH3 is 1. The number of rotatable bonds is 8. The van der Waals surface area contributed by atoms with Crippen molar-refractivity contribution in [1.29, 1.82) is 5.26 Å². The smallest absolute Gasteiger partial charge is 0.348 e. The second-order valence-electron chi connectivity index (χ2n) is 5.41. The van der Waals surface area contributed by atoms with Crippen molar-refractivity contribution in [1.82, 2.24) is 0 Å². The number of hydrogen-bond donors (Lipinski definition) is 1. The number of nitrogens with one attached hydrogen (secondary N) is 1.